The van der Waals surface area contributed by atoms with Gasteiger partial charge in [0.25, 0.3) is 0 Å². The van der Waals surface area contributed by atoms with E-state index >= 15 is 0 Å². The topological polar surface area (TPSA) is 76.9 Å². The lowest BCUT2D eigenvalue weighted by molar-refractivity contribution is 0.575. The van der Waals surface area contributed by atoms with Crippen LogP contribution in [0.2, 0.25) is 5.02 Å². The van der Waals surface area contributed by atoms with Crippen molar-refractivity contribution in [1.29, 1.82) is 0 Å². The maximum atomic E-state index is 12.3. The highest BCUT2D eigenvalue weighted by Crippen LogP contribution is 2.28. The third kappa shape index (κ3) is 6.07. The van der Waals surface area contributed by atoms with Crippen molar-refractivity contribution in [2.75, 3.05) is 5.75 Å². The molecule has 0 saturated carbocycles. The molecule has 0 bridgehead atoms. The average Bonchev–Trinajstić information content (AvgIpc) is 3.14. The van der Waals surface area contributed by atoms with Gasteiger partial charge in [-0.05, 0) is 36.6 Å². The summed E-state index contributed by atoms with van der Waals surface area (Å²) in [5, 5.41) is 9.90. The number of hydrogen-bond acceptors (Lipinski definition) is 5. The number of benzene rings is 2. The Morgan fingerprint density at radius 2 is 1.90 bits per heavy atom. The monoisotopic (exact) mass is 464 g/mol. The quantitative estimate of drug-likeness (QED) is 0.438. The first kappa shape index (κ1) is 22.8. The van der Waals surface area contributed by atoms with Gasteiger partial charge in [-0.25, -0.2) is 13.1 Å². The van der Waals surface area contributed by atoms with E-state index < -0.39 is 10.0 Å². The van der Waals surface area contributed by atoms with Crippen LogP contribution in [0.3, 0.4) is 0 Å². The lowest BCUT2D eigenvalue weighted by atomic mass is 10.2. The summed E-state index contributed by atoms with van der Waals surface area (Å²) < 4.78 is 29.0. The Morgan fingerprint density at radius 1 is 1.13 bits per heavy atom. The largest absolute Gasteiger partial charge is 0.273 e. The Labute approximate surface area is 187 Å². The van der Waals surface area contributed by atoms with Crippen LogP contribution in [-0.2, 0) is 22.3 Å². The lowest BCUT2D eigenvalue weighted by Crippen LogP contribution is -2.27. The van der Waals surface area contributed by atoms with Gasteiger partial charge in [0.15, 0.2) is 11.0 Å². The number of hydrogen-bond donors (Lipinski definition) is 1. The molecule has 0 amide bonds. The molecule has 0 fully saturated rings. The molecule has 0 aliphatic carbocycles. The molecule has 0 radical (unpaired) electrons. The first-order chi connectivity index (χ1) is 14.4. The summed E-state index contributed by atoms with van der Waals surface area (Å²) >= 11 is 7.79. The number of rotatable bonds is 10. The SMILES string of the molecule is CCCCS(=O)(=O)NCc1nnc(SCc2ccccc2)n1-c1cc(Cl)ccc1C. The van der Waals surface area contributed by atoms with E-state index in [0.29, 0.717) is 22.4 Å². The highest BCUT2D eigenvalue weighted by atomic mass is 35.5. The van der Waals surface area contributed by atoms with Crippen molar-refractivity contribution in [3.8, 4) is 5.69 Å². The fourth-order valence-corrected chi connectivity index (χ4v) is 5.12. The summed E-state index contributed by atoms with van der Waals surface area (Å²) in [4.78, 5) is 0. The van der Waals surface area contributed by atoms with Crippen LogP contribution < -0.4 is 4.72 Å². The summed E-state index contributed by atoms with van der Waals surface area (Å²) in [6.45, 7) is 4.01. The molecule has 0 spiro atoms. The second kappa shape index (κ2) is 10.4. The summed E-state index contributed by atoms with van der Waals surface area (Å²) in [6, 6.07) is 15.7. The van der Waals surface area contributed by atoms with Crippen molar-refractivity contribution in [3.63, 3.8) is 0 Å². The van der Waals surface area contributed by atoms with Gasteiger partial charge in [0.1, 0.15) is 0 Å². The molecule has 1 N–H and O–H groups in total. The number of sulfonamides is 1. The standard InChI is InChI=1S/C21H25ClN4O2S2/c1-3-4-12-30(27,28)23-14-20-24-25-21(29-15-17-8-6-5-7-9-17)26(20)19-13-18(22)11-10-16(19)2/h5-11,13,23H,3-4,12,14-15H2,1-2H3. The molecular formula is C21H25ClN4O2S2. The van der Waals surface area contributed by atoms with Crippen LogP contribution in [0, 0.1) is 6.92 Å². The lowest BCUT2D eigenvalue weighted by Gasteiger charge is -2.14. The van der Waals surface area contributed by atoms with Crippen molar-refractivity contribution in [2.24, 2.45) is 0 Å². The van der Waals surface area contributed by atoms with Crippen LogP contribution >= 0.6 is 23.4 Å². The Morgan fingerprint density at radius 3 is 2.63 bits per heavy atom. The number of thioether (sulfide) groups is 1. The smallest absolute Gasteiger partial charge is 0.212 e. The predicted molar refractivity (Wildman–Crippen MR) is 123 cm³/mol. The summed E-state index contributed by atoms with van der Waals surface area (Å²) in [6.07, 6.45) is 1.44. The van der Waals surface area contributed by atoms with E-state index in [1.165, 1.54) is 5.56 Å². The molecule has 30 heavy (non-hydrogen) atoms. The highest BCUT2D eigenvalue weighted by molar-refractivity contribution is 7.98. The van der Waals surface area contributed by atoms with E-state index in [9.17, 15) is 8.42 Å². The van der Waals surface area contributed by atoms with E-state index in [-0.39, 0.29) is 12.3 Å². The van der Waals surface area contributed by atoms with Crippen molar-refractivity contribution >= 4 is 33.4 Å². The molecule has 1 heterocycles. The zero-order chi connectivity index (χ0) is 21.6. The van der Waals surface area contributed by atoms with Gasteiger partial charge in [-0.3, -0.25) is 4.57 Å². The van der Waals surface area contributed by atoms with Crippen molar-refractivity contribution < 1.29 is 8.42 Å². The van der Waals surface area contributed by atoms with Crippen molar-refractivity contribution in [2.45, 2.75) is 44.1 Å². The van der Waals surface area contributed by atoms with E-state index in [2.05, 4.69) is 27.1 Å². The number of nitrogens with one attached hydrogen (secondary N) is 1. The summed E-state index contributed by atoms with van der Waals surface area (Å²) in [5.41, 5.74) is 3.00. The van der Waals surface area contributed by atoms with Crippen LogP contribution in [0.25, 0.3) is 5.69 Å². The first-order valence-corrected chi connectivity index (χ1v) is 12.8. The van der Waals surface area contributed by atoms with Crippen LogP contribution in [0.1, 0.15) is 36.7 Å². The van der Waals surface area contributed by atoms with Gasteiger partial charge in [-0.15, -0.1) is 10.2 Å². The molecule has 0 saturated heterocycles. The van der Waals surface area contributed by atoms with E-state index in [1.807, 2.05) is 54.8 Å². The minimum Gasteiger partial charge on any atom is -0.273 e. The fraction of sp³-hybridized carbons (Fsp3) is 0.333. The van der Waals surface area contributed by atoms with Gasteiger partial charge in [0, 0.05) is 10.8 Å². The van der Waals surface area contributed by atoms with Gasteiger partial charge in [0.2, 0.25) is 10.0 Å². The fourth-order valence-electron chi connectivity index (χ4n) is 2.88. The molecule has 9 heteroatoms. The van der Waals surface area contributed by atoms with E-state index in [1.54, 1.807) is 11.8 Å². The van der Waals surface area contributed by atoms with Gasteiger partial charge >= 0.3 is 0 Å². The number of aryl methyl sites for hydroxylation is 1. The third-order valence-corrected chi connectivity index (χ3v) is 7.19. The Hall–Kier alpha value is -1.87. The van der Waals surface area contributed by atoms with Crippen LogP contribution in [0.5, 0.6) is 0 Å². The molecule has 3 rings (SSSR count). The van der Waals surface area contributed by atoms with Gasteiger partial charge in [0.05, 0.1) is 18.0 Å². The number of nitrogens with zero attached hydrogens (tertiary/aromatic N) is 3. The molecule has 0 atom stereocenters. The van der Waals surface area contributed by atoms with Crippen LogP contribution in [0.4, 0.5) is 0 Å². The Balaban J connectivity index is 1.90. The molecule has 1 aromatic heterocycles. The van der Waals surface area contributed by atoms with Gasteiger partial charge in [-0.1, -0.05) is 73.1 Å². The Bertz CT molecular complexity index is 1090. The summed E-state index contributed by atoms with van der Waals surface area (Å²) in [7, 11) is -3.37. The molecule has 3 aromatic rings. The molecule has 0 aliphatic rings. The third-order valence-electron chi connectivity index (χ3n) is 4.54. The maximum Gasteiger partial charge on any atom is 0.212 e. The predicted octanol–water partition coefficient (Wildman–Crippen LogP) is 4.74. The van der Waals surface area contributed by atoms with E-state index in [4.69, 9.17) is 11.6 Å². The number of aromatic nitrogens is 3. The molecule has 160 valence electrons. The summed E-state index contributed by atoms with van der Waals surface area (Å²) in [5.74, 6) is 1.35. The number of halogens is 1. The molecule has 6 nitrogen and oxygen atoms in total. The minimum atomic E-state index is -3.37. The van der Waals surface area contributed by atoms with Gasteiger partial charge < -0.3 is 0 Å². The zero-order valence-corrected chi connectivity index (χ0v) is 19.4. The zero-order valence-electron chi connectivity index (χ0n) is 17.0. The maximum absolute atomic E-state index is 12.3. The van der Waals surface area contributed by atoms with Crippen LogP contribution in [-0.4, -0.2) is 28.9 Å². The van der Waals surface area contributed by atoms with Crippen molar-refractivity contribution in [1.82, 2.24) is 19.5 Å². The Kier molecular flexibility index (Phi) is 7.93. The van der Waals surface area contributed by atoms with Gasteiger partial charge in [-0.2, -0.15) is 0 Å². The average molecular weight is 465 g/mol. The molecule has 0 aliphatic heterocycles. The second-order valence-corrected chi connectivity index (χ2v) is 10.2. The molecule has 0 unspecified atom stereocenters. The highest BCUT2D eigenvalue weighted by Gasteiger charge is 2.19. The second-order valence-electron chi connectivity index (χ2n) is 6.93. The van der Waals surface area contributed by atoms with Crippen LogP contribution in [0.15, 0.2) is 53.7 Å². The van der Waals surface area contributed by atoms with E-state index in [0.717, 1.165) is 23.4 Å². The number of unbranched alkanes of at least 4 members (excludes halogenated alkanes) is 1. The first-order valence-electron chi connectivity index (χ1n) is 9.74. The molecular weight excluding hydrogens is 440 g/mol. The molecule has 2 aromatic carbocycles. The van der Waals surface area contributed by atoms with Crippen molar-refractivity contribution in [3.05, 3.63) is 70.5 Å². The minimum absolute atomic E-state index is 0.0664. The normalized spacial score (nSPS) is 11.7.